The number of carbonyl (C=O) groups is 2. The molecule has 1 atom stereocenters. The Kier molecular flexibility index (Phi) is 6.23. The summed E-state index contributed by atoms with van der Waals surface area (Å²) in [5.74, 6) is -0.496. The van der Waals surface area contributed by atoms with E-state index in [1.807, 2.05) is 19.9 Å². The first-order chi connectivity index (χ1) is 15.3. The fourth-order valence-corrected chi connectivity index (χ4v) is 5.31. The maximum atomic E-state index is 12.7. The number of sulfonamides is 1. The molecular weight excluding hydrogens is 430 g/mol. The third-order valence-corrected chi connectivity index (χ3v) is 7.54. The highest BCUT2D eigenvalue weighted by Gasteiger charge is 2.28. The number of ether oxygens (including phenoxy) is 1. The van der Waals surface area contributed by atoms with Crippen LogP contribution in [0.5, 0.6) is 0 Å². The van der Waals surface area contributed by atoms with E-state index in [0.717, 1.165) is 5.57 Å². The molecule has 8 nitrogen and oxygen atoms in total. The molecule has 2 aliphatic heterocycles. The molecule has 3 aliphatic rings. The Balaban J connectivity index is 1.52. The fraction of sp³-hybridized carbons (Fsp3) is 0.348. The van der Waals surface area contributed by atoms with E-state index in [2.05, 4.69) is 10.3 Å². The minimum Gasteiger partial charge on any atom is -0.379 e. The molecule has 9 heteroatoms. The Labute approximate surface area is 187 Å². The number of rotatable bonds is 4. The Morgan fingerprint density at radius 1 is 1.16 bits per heavy atom. The standard InChI is InChI=1S/C23H25N3O5S/c1-15(2)20-14-22(27)25-21-13-17(5-8-19(20)21)24-23(28)16-3-6-18(7-4-16)32(29,30)26-9-11-31-12-10-26/h3-8,13-15,19H,9-12H2,1-2H3,(H,25,27). The van der Waals surface area contributed by atoms with Gasteiger partial charge < -0.3 is 10.1 Å². The van der Waals surface area contributed by atoms with Crippen molar-refractivity contribution in [1.29, 1.82) is 0 Å². The van der Waals surface area contributed by atoms with Gasteiger partial charge in [0.1, 0.15) is 0 Å². The summed E-state index contributed by atoms with van der Waals surface area (Å²) in [6.45, 7) is 5.42. The number of allylic oxidation sites excluding steroid dienone is 3. The Morgan fingerprint density at radius 3 is 2.50 bits per heavy atom. The van der Waals surface area contributed by atoms with Crippen LogP contribution in [-0.2, 0) is 19.6 Å². The average molecular weight is 456 g/mol. The second kappa shape index (κ2) is 8.93. The molecule has 0 spiro atoms. The van der Waals surface area contributed by atoms with Gasteiger partial charge in [-0.1, -0.05) is 19.9 Å². The van der Waals surface area contributed by atoms with Gasteiger partial charge in [-0.3, -0.25) is 9.59 Å². The molecule has 0 saturated carbocycles. The third-order valence-electron chi connectivity index (χ3n) is 5.63. The van der Waals surface area contributed by atoms with E-state index in [4.69, 9.17) is 4.74 Å². The maximum absolute atomic E-state index is 12.7. The average Bonchev–Trinajstić information content (AvgIpc) is 2.79. The fourth-order valence-electron chi connectivity index (χ4n) is 3.90. The molecule has 1 aromatic carbocycles. The number of nitrogens with zero attached hydrogens (tertiary/aromatic N) is 2. The lowest BCUT2D eigenvalue weighted by atomic mass is 9.82. The molecule has 32 heavy (non-hydrogen) atoms. The van der Waals surface area contributed by atoms with Crippen molar-refractivity contribution in [3.8, 4) is 0 Å². The molecule has 2 amide bonds. The van der Waals surface area contributed by atoms with Crippen LogP contribution in [0.3, 0.4) is 0 Å². The number of amides is 2. The summed E-state index contributed by atoms with van der Waals surface area (Å²) >= 11 is 0. The van der Waals surface area contributed by atoms with Crippen molar-refractivity contribution in [1.82, 2.24) is 9.62 Å². The lowest BCUT2D eigenvalue weighted by molar-refractivity contribution is -0.116. The van der Waals surface area contributed by atoms with Crippen molar-refractivity contribution in [2.24, 2.45) is 16.8 Å². The highest BCUT2D eigenvalue weighted by molar-refractivity contribution is 7.89. The first-order valence-electron chi connectivity index (χ1n) is 10.5. The van der Waals surface area contributed by atoms with E-state index in [-0.39, 0.29) is 28.2 Å². The SMILES string of the molecule is CC(C)C1=CC(=O)NC2=CC(=NC(=O)c3ccc(S(=O)(=O)N4CCOCC4)cc3)C=CC21. The number of morpholine rings is 1. The van der Waals surface area contributed by atoms with E-state index >= 15 is 0 Å². The van der Waals surface area contributed by atoms with E-state index < -0.39 is 15.9 Å². The van der Waals surface area contributed by atoms with Crippen molar-refractivity contribution in [2.75, 3.05) is 26.3 Å². The number of hydrogen-bond acceptors (Lipinski definition) is 5. The smallest absolute Gasteiger partial charge is 0.277 e. The van der Waals surface area contributed by atoms with E-state index in [1.165, 1.54) is 28.6 Å². The molecule has 0 bridgehead atoms. The molecule has 1 fully saturated rings. The summed E-state index contributed by atoms with van der Waals surface area (Å²) < 4.78 is 32.0. The first kappa shape index (κ1) is 22.3. The molecule has 168 valence electrons. The molecule has 1 aliphatic carbocycles. The van der Waals surface area contributed by atoms with Gasteiger partial charge in [0.15, 0.2) is 0 Å². The molecular formula is C23H25N3O5S. The largest absolute Gasteiger partial charge is 0.379 e. The lowest BCUT2D eigenvalue weighted by Gasteiger charge is -2.29. The third kappa shape index (κ3) is 4.50. The maximum Gasteiger partial charge on any atom is 0.277 e. The molecule has 0 radical (unpaired) electrons. The van der Waals surface area contributed by atoms with Crippen LogP contribution in [0.2, 0.25) is 0 Å². The number of carbonyl (C=O) groups excluding carboxylic acids is 2. The number of nitrogens with one attached hydrogen (secondary N) is 1. The summed E-state index contributed by atoms with van der Waals surface area (Å²) in [6, 6.07) is 5.77. The van der Waals surface area contributed by atoms with Gasteiger partial charge in [-0.05, 0) is 47.9 Å². The van der Waals surface area contributed by atoms with Gasteiger partial charge in [-0.15, -0.1) is 0 Å². The predicted molar refractivity (Wildman–Crippen MR) is 120 cm³/mol. The van der Waals surface area contributed by atoms with Gasteiger partial charge in [0.05, 0.1) is 23.8 Å². The summed E-state index contributed by atoms with van der Waals surface area (Å²) in [7, 11) is -3.62. The van der Waals surface area contributed by atoms with Crippen LogP contribution in [0.15, 0.2) is 69.7 Å². The molecule has 0 aromatic heterocycles. The van der Waals surface area contributed by atoms with Crippen molar-refractivity contribution >= 4 is 27.5 Å². The highest BCUT2D eigenvalue weighted by Crippen LogP contribution is 2.31. The second-order valence-electron chi connectivity index (χ2n) is 8.11. The zero-order chi connectivity index (χ0) is 22.9. The van der Waals surface area contributed by atoms with Gasteiger partial charge in [0, 0.05) is 36.3 Å². The Hall–Kier alpha value is -2.88. The van der Waals surface area contributed by atoms with Crippen molar-refractivity contribution in [3.63, 3.8) is 0 Å². The van der Waals surface area contributed by atoms with Gasteiger partial charge in [0.2, 0.25) is 15.9 Å². The normalized spacial score (nSPS) is 22.9. The summed E-state index contributed by atoms with van der Waals surface area (Å²) in [4.78, 5) is 28.9. The number of fused-ring (bicyclic) bond motifs is 1. The summed E-state index contributed by atoms with van der Waals surface area (Å²) in [6.07, 6.45) is 7.01. The topological polar surface area (TPSA) is 105 Å². The van der Waals surface area contributed by atoms with E-state index in [9.17, 15) is 18.0 Å². The summed E-state index contributed by atoms with van der Waals surface area (Å²) in [5.41, 5.74) is 2.42. The number of hydrogen-bond donors (Lipinski definition) is 1. The van der Waals surface area contributed by atoms with Crippen LogP contribution in [-0.4, -0.2) is 56.6 Å². The van der Waals surface area contributed by atoms with Crippen molar-refractivity contribution < 1.29 is 22.7 Å². The van der Waals surface area contributed by atoms with Gasteiger partial charge in [-0.25, -0.2) is 13.4 Å². The second-order valence-corrected chi connectivity index (χ2v) is 10.0. The quantitative estimate of drug-likeness (QED) is 0.748. The van der Waals surface area contributed by atoms with Crippen LogP contribution in [0.1, 0.15) is 24.2 Å². The van der Waals surface area contributed by atoms with Crippen LogP contribution in [0, 0.1) is 11.8 Å². The summed E-state index contributed by atoms with van der Waals surface area (Å²) in [5, 5.41) is 2.82. The number of aliphatic imine (C=N–C) groups is 1. The Bertz CT molecular complexity index is 1150. The monoisotopic (exact) mass is 455 g/mol. The first-order valence-corrected chi connectivity index (χ1v) is 11.9. The molecule has 4 rings (SSSR count). The molecule has 1 saturated heterocycles. The van der Waals surface area contributed by atoms with Crippen molar-refractivity contribution in [3.05, 3.63) is 65.4 Å². The van der Waals surface area contributed by atoms with E-state index in [1.54, 1.807) is 18.2 Å². The van der Waals surface area contributed by atoms with Crippen LogP contribution >= 0.6 is 0 Å². The lowest BCUT2D eigenvalue weighted by Crippen LogP contribution is -2.40. The van der Waals surface area contributed by atoms with Gasteiger partial charge >= 0.3 is 0 Å². The van der Waals surface area contributed by atoms with Gasteiger partial charge in [-0.2, -0.15) is 4.31 Å². The Morgan fingerprint density at radius 2 is 1.84 bits per heavy atom. The minimum atomic E-state index is -3.62. The van der Waals surface area contributed by atoms with Crippen LogP contribution < -0.4 is 5.32 Å². The van der Waals surface area contributed by atoms with Crippen LogP contribution in [0.25, 0.3) is 0 Å². The van der Waals surface area contributed by atoms with E-state index in [0.29, 0.717) is 37.7 Å². The highest BCUT2D eigenvalue weighted by atomic mass is 32.2. The molecule has 2 heterocycles. The van der Waals surface area contributed by atoms with Gasteiger partial charge in [0.25, 0.3) is 5.91 Å². The zero-order valence-corrected chi connectivity index (χ0v) is 18.8. The minimum absolute atomic E-state index is 0.0357. The zero-order valence-electron chi connectivity index (χ0n) is 17.9. The number of benzene rings is 1. The molecule has 1 unspecified atom stereocenters. The predicted octanol–water partition coefficient (Wildman–Crippen LogP) is 2.07. The molecule has 1 aromatic rings. The van der Waals surface area contributed by atoms with Crippen LogP contribution in [0.4, 0.5) is 0 Å². The van der Waals surface area contributed by atoms with Crippen molar-refractivity contribution in [2.45, 2.75) is 18.7 Å². The molecule has 1 N–H and O–H groups in total.